The summed E-state index contributed by atoms with van der Waals surface area (Å²) in [6.45, 7) is 5.11. The van der Waals surface area contributed by atoms with Crippen LogP contribution < -0.4 is 10.6 Å². The zero-order valence-corrected chi connectivity index (χ0v) is 18.7. The lowest BCUT2D eigenvalue weighted by Crippen LogP contribution is -2.47. The van der Waals surface area contributed by atoms with Crippen molar-refractivity contribution in [2.75, 3.05) is 20.6 Å². The number of carbonyl (C=O) groups excluding carboxylic acids is 1. The van der Waals surface area contributed by atoms with Gasteiger partial charge in [-0.3, -0.25) is 4.79 Å². The minimum atomic E-state index is -0.00196. The largest absolute Gasteiger partial charge is 0.353 e. The molecule has 8 heteroatoms. The van der Waals surface area contributed by atoms with E-state index in [1.807, 2.05) is 13.1 Å². The number of halogens is 1. The highest BCUT2D eigenvalue weighted by Crippen LogP contribution is 2.23. The molecule has 0 aromatic carbocycles. The average Bonchev–Trinajstić information content (AvgIpc) is 2.97. The lowest BCUT2D eigenvalue weighted by molar-refractivity contribution is -0.127. The third-order valence-electron chi connectivity index (χ3n) is 4.38. The van der Waals surface area contributed by atoms with E-state index in [2.05, 4.69) is 27.5 Å². The van der Waals surface area contributed by atoms with Gasteiger partial charge >= 0.3 is 0 Å². The summed E-state index contributed by atoms with van der Waals surface area (Å²) in [5.74, 6) is 1.33. The number of nitrogens with one attached hydrogen (secondary N) is 2. The molecule has 142 valence electrons. The lowest BCUT2D eigenvalue weighted by Gasteiger charge is -2.30. The first-order chi connectivity index (χ1) is 11.5. The van der Waals surface area contributed by atoms with Crippen LogP contribution in [0.4, 0.5) is 0 Å². The zero-order chi connectivity index (χ0) is 17.5. The Morgan fingerprint density at radius 3 is 2.72 bits per heavy atom. The van der Waals surface area contributed by atoms with Crippen molar-refractivity contribution in [1.29, 1.82) is 0 Å². The summed E-state index contributed by atoms with van der Waals surface area (Å²) in [6, 6.07) is 0.414. The Morgan fingerprint density at radius 2 is 2.12 bits per heavy atom. The van der Waals surface area contributed by atoms with Gasteiger partial charge in [0, 0.05) is 31.2 Å². The first kappa shape index (κ1) is 22.1. The van der Waals surface area contributed by atoms with Crippen LogP contribution >= 0.6 is 35.3 Å². The molecule has 2 atom stereocenters. The minimum absolute atomic E-state index is 0. The summed E-state index contributed by atoms with van der Waals surface area (Å²) in [6.07, 6.45) is 6.83. The van der Waals surface area contributed by atoms with Crippen molar-refractivity contribution in [2.24, 2.45) is 10.9 Å². The molecule has 2 rings (SSSR count). The Balaban J connectivity index is 0.00000312. The number of nitrogens with zero attached hydrogens (tertiary/aromatic N) is 3. The number of likely N-dealkylation sites (N-methyl/N-ethyl adjacent to an activating group) is 1. The van der Waals surface area contributed by atoms with Gasteiger partial charge in [-0.2, -0.15) is 0 Å². The van der Waals surface area contributed by atoms with E-state index < -0.39 is 0 Å². The molecule has 0 radical (unpaired) electrons. The fourth-order valence-corrected chi connectivity index (χ4v) is 3.52. The summed E-state index contributed by atoms with van der Waals surface area (Å²) in [5.41, 5.74) is 0. The number of aryl methyl sites for hydroxylation is 1. The van der Waals surface area contributed by atoms with Crippen LogP contribution in [0.3, 0.4) is 0 Å². The predicted octanol–water partition coefficient (Wildman–Crippen LogP) is 2.77. The van der Waals surface area contributed by atoms with Gasteiger partial charge in [-0.15, -0.1) is 35.3 Å². The SMILES string of the molecule is Cc1cnc(CNC(=NCC(=O)N(C)C)NC2CCCCC2C)s1.I. The Hall–Kier alpha value is -0.900. The van der Waals surface area contributed by atoms with E-state index in [0.717, 1.165) is 11.4 Å². The predicted molar refractivity (Wildman–Crippen MR) is 115 cm³/mol. The first-order valence-corrected chi connectivity index (χ1v) is 9.43. The molecule has 25 heavy (non-hydrogen) atoms. The molecule has 0 bridgehead atoms. The molecule has 1 saturated carbocycles. The van der Waals surface area contributed by atoms with E-state index in [4.69, 9.17) is 0 Å². The smallest absolute Gasteiger partial charge is 0.243 e. The Labute approximate surface area is 171 Å². The van der Waals surface area contributed by atoms with E-state index in [1.54, 1.807) is 30.3 Å². The number of thiazole rings is 1. The zero-order valence-electron chi connectivity index (χ0n) is 15.5. The van der Waals surface area contributed by atoms with E-state index in [1.165, 1.54) is 24.1 Å². The fraction of sp³-hybridized carbons (Fsp3) is 0.706. The Kier molecular flexibility index (Phi) is 9.70. The van der Waals surface area contributed by atoms with Crippen molar-refractivity contribution in [3.63, 3.8) is 0 Å². The summed E-state index contributed by atoms with van der Waals surface area (Å²) in [5, 5.41) is 7.88. The normalized spacial score (nSPS) is 20.6. The average molecular weight is 479 g/mol. The quantitative estimate of drug-likeness (QED) is 0.387. The minimum Gasteiger partial charge on any atom is -0.353 e. The second-order valence-electron chi connectivity index (χ2n) is 6.68. The standard InChI is InChI=1S/C17H29N5OS.HI/c1-12-7-5-6-8-14(12)21-17(20-11-16(23)22(3)4)19-10-15-18-9-13(2)24-15;/h9,12,14H,5-8,10-11H2,1-4H3,(H2,19,20,21);1H. The Morgan fingerprint density at radius 1 is 1.40 bits per heavy atom. The van der Waals surface area contributed by atoms with Gasteiger partial charge in [-0.25, -0.2) is 9.98 Å². The Bertz CT molecular complexity index is 575. The van der Waals surface area contributed by atoms with Gasteiger partial charge in [-0.05, 0) is 25.7 Å². The van der Waals surface area contributed by atoms with E-state index in [0.29, 0.717) is 24.5 Å². The molecule has 0 aliphatic heterocycles. The number of hydrogen-bond acceptors (Lipinski definition) is 4. The van der Waals surface area contributed by atoms with Crippen molar-refractivity contribution >= 4 is 47.2 Å². The van der Waals surface area contributed by atoms with Gasteiger partial charge < -0.3 is 15.5 Å². The molecule has 1 heterocycles. The first-order valence-electron chi connectivity index (χ1n) is 8.62. The van der Waals surface area contributed by atoms with Crippen molar-refractivity contribution in [2.45, 2.75) is 52.1 Å². The molecule has 1 aliphatic carbocycles. The highest BCUT2D eigenvalue weighted by Gasteiger charge is 2.22. The number of aliphatic imine (C=N–C) groups is 1. The van der Waals surface area contributed by atoms with Crippen molar-refractivity contribution in [3.8, 4) is 0 Å². The lowest BCUT2D eigenvalue weighted by atomic mass is 9.86. The molecule has 1 aromatic rings. The third-order valence-corrected chi connectivity index (χ3v) is 5.29. The second kappa shape index (κ2) is 10.9. The van der Waals surface area contributed by atoms with Crippen LogP contribution in [-0.4, -0.2) is 48.4 Å². The molecule has 0 saturated heterocycles. The van der Waals surface area contributed by atoms with Crippen molar-refractivity contribution < 1.29 is 4.79 Å². The molecule has 2 N–H and O–H groups in total. The van der Waals surface area contributed by atoms with Gasteiger partial charge in [0.25, 0.3) is 0 Å². The van der Waals surface area contributed by atoms with Crippen molar-refractivity contribution in [1.82, 2.24) is 20.5 Å². The van der Waals surface area contributed by atoms with E-state index in [9.17, 15) is 4.79 Å². The topological polar surface area (TPSA) is 69.6 Å². The number of guanidine groups is 1. The molecule has 2 unspecified atom stereocenters. The molecule has 1 amide bonds. The summed E-state index contributed by atoms with van der Waals surface area (Å²) >= 11 is 1.67. The number of carbonyl (C=O) groups is 1. The summed E-state index contributed by atoms with van der Waals surface area (Å²) in [7, 11) is 3.50. The maximum atomic E-state index is 11.8. The van der Waals surface area contributed by atoms with Crippen LogP contribution in [0.1, 0.15) is 42.5 Å². The summed E-state index contributed by atoms with van der Waals surface area (Å²) in [4.78, 5) is 23.4. The second-order valence-corrected chi connectivity index (χ2v) is 8.00. The number of aromatic nitrogens is 1. The molecule has 6 nitrogen and oxygen atoms in total. The van der Waals surface area contributed by atoms with Crippen LogP contribution in [0.25, 0.3) is 0 Å². The molecule has 1 aromatic heterocycles. The number of hydrogen-bond donors (Lipinski definition) is 2. The van der Waals surface area contributed by atoms with Gasteiger partial charge in [-0.1, -0.05) is 19.8 Å². The van der Waals surface area contributed by atoms with Gasteiger partial charge in [0.15, 0.2) is 5.96 Å². The molecule has 0 spiro atoms. The third kappa shape index (κ3) is 7.47. The van der Waals surface area contributed by atoms with Crippen LogP contribution in [0, 0.1) is 12.8 Å². The number of amides is 1. The molecular weight excluding hydrogens is 449 g/mol. The van der Waals surface area contributed by atoms with Gasteiger partial charge in [0.1, 0.15) is 11.6 Å². The molecular formula is C17H30IN5OS. The summed E-state index contributed by atoms with van der Waals surface area (Å²) < 4.78 is 0. The van der Waals surface area contributed by atoms with Crippen molar-refractivity contribution in [3.05, 3.63) is 16.1 Å². The molecule has 1 aliphatic rings. The maximum absolute atomic E-state index is 11.8. The fourth-order valence-electron chi connectivity index (χ4n) is 2.79. The van der Waals surface area contributed by atoms with Gasteiger partial charge in [0.05, 0.1) is 6.54 Å². The van der Waals surface area contributed by atoms with Crippen LogP contribution in [0.2, 0.25) is 0 Å². The maximum Gasteiger partial charge on any atom is 0.243 e. The molecule has 1 fully saturated rings. The highest BCUT2D eigenvalue weighted by atomic mass is 127. The monoisotopic (exact) mass is 479 g/mol. The van der Waals surface area contributed by atoms with Crippen LogP contribution in [0.15, 0.2) is 11.2 Å². The van der Waals surface area contributed by atoms with E-state index >= 15 is 0 Å². The van der Waals surface area contributed by atoms with Gasteiger partial charge in [0.2, 0.25) is 5.91 Å². The highest BCUT2D eigenvalue weighted by molar-refractivity contribution is 14.0. The van der Waals surface area contributed by atoms with Crippen LogP contribution in [-0.2, 0) is 11.3 Å². The number of rotatable bonds is 5. The van der Waals surface area contributed by atoms with E-state index in [-0.39, 0.29) is 36.4 Å². The van der Waals surface area contributed by atoms with Crippen LogP contribution in [0.5, 0.6) is 0 Å².